The number of pyridine rings is 1. The van der Waals surface area contributed by atoms with Gasteiger partial charge in [-0.2, -0.15) is 0 Å². The van der Waals surface area contributed by atoms with Crippen LogP contribution in [0.3, 0.4) is 0 Å². The molecule has 0 amide bonds. The average molecular weight is 275 g/mol. The van der Waals surface area contributed by atoms with Crippen molar-refractivity contribution in [3.63, 3.8) is 0 Å². The lowest BCUT2D eigenvalue weighted by Crippen LogP contribution is -2.42. The van der Waals surface area contributed by atoms with Crippen molar-refractivity contribution in [2.45, 2.75) is 33.1 Å². The van der Waals surface area contributed by atoms with Gasteiger partial charge in [0.05, 0.1) is 10.1 Å². The number of hydrogen-bond donors (Lipinski definition) is 0. The van der Waals surface area contributed by atoms with Gasteiger partial charge in [-0.05, 0) is 12.5 Å². The van der Waals surface area contributed by atoms with Crippen molar-refractivity contribution in [1.82, 2.24) is 0 Å². The van der Waals surface area contributed by atoms with E-state index in [2.05, 4.69) is 0 Å². The zero-order chi connectivity index (χ0) is 14.0. The van der Waals surface area contributed by atoms with Crippen molar-refractivity contribution in [2.75, 3.05) is 12.9 Å². The topological polar surface area (TPSA) is 70.3 Å². The second-order valence-corrected chi connectivity index (χ2v) is 5.34. The highest BCUT2D eigenvalue weighted by molar-refractivity contribution is 7.85. The van der Waals surface area contributed by atoms with Crippen LogP contribution in [0.25, 0.3) is 0 Å². The highest BCUT2D eigenvalue weighted by Crippen LogP contribution is 1.96. The molecule has 0 spiro atoms. The fourth-order valence-corrected chi connectivity index (χ4v) is 1.81. The van der Waals surface area contributed by atoms with Crippen molar-refractivity contribution in [2.24, 2.45) is 0 Å². The lowest BCUT2D eigenvalue weighted by atomic mass is 10.3. The summed E-state index contributed by atoms with van der Waals surface area (Å²) in [4.78, 5) is 4.96. The van der Waals surface area contributed by atoms with E-state index in [1.54, 1.807) is 11.8 Å². The van der Waals surface area contributed by atoms with E-state index in [-0.39, 0.29) is 5.75 Å². The van der Waals surface area contributed by atoms with Gasteiger partial charge in [0.2, 0.25) is 11.9 Å². The van der Waals surface area contributed by atoms with Crippen LogP contribution in [-0.4, -0.2) is 25.8 Å². The highest BCUT2D eigenvalue weighted by Gasteiger charge is 2.00. The summed E-state index contributed by atoms with van der Waals surface area (Å²) in [5.74, 6) is -0.208. The van der Waals surface area contributed by atoms with Crippen LogP contribution >= 0.6 is 0 Å². The average Bonchev–Trinajstić information content (AvgIpc) is 2.29. The number of unbranched alkanes of at least 4 members (excludes halogenated alkanes) is 2. The third kappa shape index (κ3) is 8.95. The first-order valence-electron chi connectivity index (χ1n) is 5.86. The minimum atomic E-state index is -3.95. The highest BCUT2D eigenvalue weighted by atomic mass is 32.2. The van der Waals surface area contributed by atoms with E-state index >= 15 is 0 Å². The summed E-state index contributed by atoms with van der Waals surface area (Å²) in [5, 5.41) is 0. The molecule has 1 aromatic rings. The molecular weight excluding hydrogens is 254 g/mol. The second kappa shape index (κ2) is 8.88. The van der Waals surface area contributed by atoms with Gasteiger partial charge >= 0.3 is 0 Å². The van der Waals surface area contributed by atoms with Crippen LogP contribution in [0.15, 0.2) is 24.4 Å². The van der Waals surface area contributed by atoms with Gasteiger partial charge in [0.25, 0.3) is 0 Å². The Labute approximate surface area is 109 Å². The third-order valence-electron chi connectivity index (χ3n) is 2.21. The molecule has 0 saturated heterocycles. The Bertz CT molecular complexity index is 431. The predicted molar refractivity (Wildman–Crippen MR) is 68.0 cm³/mol. The number of rotatable bonds is 5. The molecule has 6 heteroatoms. The van der Waals surface area contributed by atoms with Gasteiger partial charge in [0.1, 0.15) is 7.11 Å². The van der Waals surface area contributed by atoms with Gasteiger partial charge in [-0.3, -0.25) is 4.84 Å². The monoisotopic (exact) mass is 275 g/mol. The maximum Gasteiger partial charge on any atom is 0.231 e. The molecule has 0 unspecified atom stereocenters. The summed E-state index contributed by atoms with van der Waals surface area (Å²) < 4.78 is 31.6. The number of hydrogen-bond acceptors (Lipinski definition) is 4. The molecule has 1 rings (SSSR count). The van der Waals surface area contributed by atoms with E-state index < -0.39 is 10.1 Å². The van der Waals surface area contributed by atoms with Crippen molar-refractivity contribution in [3.8, 4) is 0 Å². The molecule has 0 saturated carbocycles. The molecule has 0 aliphatic heterocycles. The summed E-state index contributed by atoms with van der Waals surface area (Å²) in [6.07, 6.45) is 4.13. The molecule has 1 aromatic heterocycles. The SMILES string of the molecule is CCCCCS(=O)(=O)[O-].CO[n+]1ccccc1C. The lowest BCUT2D eigenvalue weighted by molar-refractivity contribution is -0.889. The van der Waals surface area contributed by atoms with E-state index in [0.29, 0.717) is 6.42 Å². The third-order valence-corrected chi connectivity index (χ3v) is 3.00. The second-order valence-electron chi connectivity index (χ2n) is 3.82. The van der Waals surface area contributed by atoms with Crippen molar-refractivity contribution in [1.29, 1.82) is 0 Å². The zero-order valence-electron chi connectivity index (χ0n) is 11.1. The Hall–Kier alpha value is -1.14. The summed E-state index contributed by atoms with van der Waals surface area (Å²) in [6.45, 7) is 3.95. The molecule has 18 heavy (non-hydrogen) atoms. The van der Waals surface area contributed by atoms with Gasteiger partial charge in [-0.25, -0.2) is 8.42 Å². The molecule has 0 radical (unpaired) electrons. The first kappa shape index (κ1) is 16.9. The Morgan fingerprint density at radius 2 is 2.00 bits per heavy atom. The Balaban J connectivity index is 0.000000321. The summed E-state index contributed by atoms with van der Waals surface area (Å²) in [7, 11) is -2.30. The minimum absolute atomic E-state index is 0.208. The predicted octanol–water partition coefficient (Wildman–Crippen LogP) is 1.06. The molecule has 5 nitrogen and oxygen atoms in total. The van der Waals surface area contributed by atoms with E-state index in [4.69, 9.17) is 4.84 Å². The van der Waals surface area contributed by atoms with Crippen LogP contribution in [0, 0.1) is 6.92 Å². The lowest BCUT2D eigenvalue weighted by Gasteiger charge is -2.03. The van der Waals surface area contributed by atoms with E-state index in [1.165, 1.54) is 0 Å². The molecule has 1 heterocycles. The van der Waals surface area contributed by atoms with Crippen LogP contribution in [0.4, 0.5) is 0 Å². The van der Waals surface area contributed by atoms with Crippen molar-refractivity contribution >= 4 is 10.1 Å². The van der Waals surface area contributed by atoms with E-state index in [1.807, 2.05) is 38.2 Å². The fourth-order valence-electron chi connectivity index (χ4n) is 1.25. The molecule has 0 aromatic carbocycles. The minimum Gasteiger partial charge on any atom is -0.748 e. The molecule has 104 valence electrons. The van der Waals surface area contributed by atoms with Gasteiger partial charge < -0.3 is 4.55 Å². The normalized spacial score (nSPS) is 10.4. The van der Waals surface area contributed by atoms with Crippen LogP contribution in [-0.2, 0) is 10.1 Å². The molecule has 0 aliphatic rings. The van der Waals surface area contributed by atoms with Gasteiger partial charge in [0.15, 0.2) is 0 Å². The van der Waals surface area contributed by atoms with E-state index in [0.717, 1.165) is 18.5 Å². The maximum absolute atomic E-state index is 9.95. The summed E-state index contributed by atoms with van der Waals surface area (Å²) in [6, 6.07) is 5.89. The van der Waals surface area contributed by atoms with Crippen LogP contribution in [0.5, 0.6) is 0 Å². The Kier molecular flexibility index (Phi) is 8.32. The zero-order valence-corrected chi connectivity index (χ0v) is 11.9. The quantitative estimate of drug-likeness (QED) is 0.458. The number of aromatic nitrogens is 1. The standard InChI is InChI=1S/C7H10NO.C5H12O3S/c1-7-5-3-4-6-8(7)9-2;1-2-3-4-5-9(6,7)8/h3-6H,1-2H3;2-5H2,1H3,(H,6,7,8)/q+1;/p-1. The Morgan fingerprint density at radius 3 is 2.39 bits per heavy atom. The van der Waals surface area contributed by atoms with Crippen molar-refractivity contribution < 1.29 is 22.5 Å². The molecule has 0 N–H and O–H groups in total. The first-order valence-corrected chi connectivity index (χ1v) is 7.43. The van der Waals surface area contributed by atoms with Gasteiger partial charge in [0, 0.05) is 29.5 Å². The number of aryl methyl sites for hydroxylation is 1. The smallest absolute Gasteiger partial charge is 0.231 e. The Morgan fingerprint density at radius 1 is 1.33 bits per heavy atom. The first-order chi connectivity index (χ1) is 8.40. The van der Waals surface area contributed by atoms with Crippen LogP contribution in [0.2, 0.25) is 0 Å². The van der Waals surface area contributed by atoms with Crippen molar-refractivity contribution in [3.05, 3.63) is 30.1 Å². The summed E-state index contributed by atoms with van der Waals surface area (Å²) in [5.41, 5.74) is 1.10. The summed E-state index contributed by atoms with van der Waals surface area (Å²) >= 11 is 0. The van der Waals surface area contributed by atoms with Gasteiger partial charge in [-0.1, -0.05) is 19.8 Å². The molecular formula is C12H21NO4S. The maximum atomic E-state index is 9.95. The van der Waals surface area contributed by atoms with Gasteiger partial charge in [-0.15, -0.1) is 0 Å². The molecule has 0 atom stereocenters. The van der Waals surface area contributed by atoms with Crippen LogP contribution < -0.4 is 9.57 Å². The fraction of sp³-hybridized carbons (Fsp3) is 0.583. The molecule has 0 aliphatic carbocycles. The molecule has 0 fully saturated rings. The molecule has 0 bridgehead atoms. The largest absolute Gasteiger partial charge is 0.748 e. The van der Waals surface area contributed by atoms with E-state index in [9.17, 15) is 13.0 Å². The van der Waals surface area contributed by atoms with Crippen LogP contribution in [0.1, 0.15) is 31.9 Å². The number of nitrogens with zero attached hydrogens (tertiary/aromatic N) is 1.